The number of aldehydes is 1. The summed E-state index contributed by atoms with van der Waals surface area (Å²) in [5.74, 6) is 0. The molecule has 0 aromatic rings. The summed E-state index contributed by atoms with van der Waals surface area (Å²) in [5.41, 5.74) is 1.00. The standard InChI is InChI=1S/C7H13NO/c1-7(8(2)3)5-4-6-9/h6H,1,4-5H2,2-3H3. The zero-order valence-corrected chi connectivity index (χ0v) is 6.05. The fourth-order valence-electron chi connectivity index (χ4n) is 0.449. The third kappa shape index (κ3) is 3.76. The predicted molar refractivity (Wildman–Crippen MR) is 38.1 cm³/mol. The normalized spacial score (nSPS) is 8.67. The second kappa shape index (κ2) is 4.13. The summed E-state index contributed by atoms with van der Waals surface area (Å²) >= 11 is 0. The van der Waals surface area contributed by atoms with Gasteiger partial charge in [-0.15, -0.1) is 0 Å². The molecule has 0 aromatic heterocycles. The molecule has 0 saturated carbocycles. The zero-order chi connectivity index (χ0) is 7.28. The molecule has 0 radical (unpaired) electrons. The first-order valence-corrected chi connectivity index (χ1v) is 2.97. The quantitative estimate of drug-likeness (QED) is 0.526. The van der Waals surface area contributed by atoms with Crippen molar-refractivity contribution in [3.63, 3.8) is 0 Å². The Bertz CT molecular complexity index is 107. The van der Waals surface area contributed by atoms with E-state index in [1.807, 2.05) is 19.0 Å². The van der Waals surface area contributed by atoms with Gasteiger partial charge in [-0.2, -0.15) is 0 Å². The van der Waals surface area contributed by atoms with Gasteiger partial charge in [-0.05, 0) is 6.42 Å². The first kappa shape index (κ1) is 8.21. The van der Waals surface area contributed by atoms with E-state index in [-0.39, 0.29) is 0 Å². The Kier molecular flexibility index (Phi) is 3.76. The minimum absolute atomic E-state index is 0.580. The fraction of sp³-hybridized carbons (Fsp3) is 0.571. The maximum absolute atomic E-state index is 9.87. The van der Waals surface area contributed by atoms with Gasteiger partial charge in [-0.25, -0.2) is 0 Å². The fourth-order valence-corrected chi connectivity index (χ4v) is 0.449. The average molecular weight is 127 g/mol. The van der Waals surface area contributed by atoms with Gasteiger partial charge in [0.15, 0.2) is 0 Å². The number of rotatable bonds is 4. The van der Waals surface area contributed by atoms with Crippen LogP contribution < -0.4 is 0 Å². The van der Waals surface area contributed by atoms with Gasteiger partial charge in [0.2, 0.25) is 0 Å². The van der Waals surface area contributed by atoms with Gasteiger partial charge in [0, 0.05) is 26.2 Å². The molecule has 0 atom stereocenters. The average Bonchev–Trinajstić information content (AvgIpc) is 1.82. The van der Waals surface area contributed by atoms with E-state index in [1.54, 1.807) is 0 Å². The van der Waals surface area contributed by atoms with Crippen LogP contribution >= 0.6 is 0 Å². The van der Waals surface area contributed by atoms with Crippen LogP contribution in [0.1, 0.15) is 12.8 Å². The monoisotopic (exact) mass is 127 g/mol. The lowest BCUT2D eigenvalue weighted by Crippen LogP contribution is -2.09. The predicted octanol–water partition coefficient (Wildman–Crippen LogP) is 1.04. The van der Waals surface area contributed by atoms with Crippen LogP contribution in [-0.4, -0.2) is 25.3 Å². The third-order valence-corrected chi connectivity index (χ3v) is 1.18. The van der Waals surface area contributed by atoms with Crippen molar-refractivity contribution in [2.24, 2.45) is 0 Å². The minimum Gasteiger partial charge on any atom is -0.381 e. The van der Waals surface area contributed by atoms with E-state index in [2.05, 4.69) is 6.58 Å². The number of carbonyl (C=O) groups excluding carboxylic acids is 1. The van der Waals surface area contributed by atoms with Crippen LogP contribution in [-0.2, 0) is 4.79 Å². The summed E-state index contributed by atoms with van der Waals surface area (Å²) in [4.78, 5) is 11.8. The molecule has 0 spiro atoms. The van der Waals surface area contributed by atoms with Gasteiger partial charge < -0.3 is 9.69 Å². The molecule has 0 saturated heterocycles. The van der Waals surface area contributed by atoms with Crippen LogP contribution in [0.4, 0.5) is 0 Å². The molecule has 0 aliphatic heterocycles. The SMILES string of the molecule is C=C(CCC=O)N(C)C. The molecule has 0 heterocycles. The number of nitrogens with zero attached hydrogens (tertiary/aromatic N) is 1. The summed E-state index contributed by atoms with van der Waals surface area (Å²) < 4.78 is 0. The molecule has 0 aliphatic carbocycles. The van der Waals surface area contributed by atoms with Crippen molar-refractivity contribution in [3.05, 3.63) is 12.3 Å². The van der Waals surface area contributed by atoms with Crippen molar-refractivity contribution >= 4 is 6.29 Å². The molecular weight excluding hydrogens is 114 g/mol. The highest BCUT2D eigenvalue weighted by Crippen LogP contribution is 2.01. The van der Waals surface area contributed by atoms with Crippen LogP contribution in [0.3, 0.4) is 0 Å². The van der Waals surface area contributed by atoms with Crippen molar-refractivity contribution in [2.45, 2.75) is 12.8 Å². The van der Waals surface area contributed by atoms with Crippen molar-refractivity contribution < 1.29 is 4.79 Å². The molecule has 0 unspecified atom stereocenters. The van der Waals surface area contributed by atoms with E-state index in [0.717, 1.165) is 18.4 Å². The summed E-state index contributed by atoms with van der Waals surface area (Å²) in [6.07, 6.45) is 2.27. The summed E-state index contributed by atoms with van der Waals surface area (Å²) in [7, 11) is 3.85. The van der Waals surface area contributed by atoms with Crippen molar-refractivity contribution in [2.75, 3.05) is 14.1 Å². The summed E-state index contributed by atoms with van der Waals surface area (Å²) in [6.45, 7) is 3.76. The molecule has 2 nitrogen and oxygen atoms in total. The summed E-state index contributed by atoms with van der Waals surface area (Å²) in [5, 5.41) is 0. The summed E-state index contributed by atoms with van der Waals surface area (Å²) in [6, 6.07) is 0. The van der Waals surface area contributed by atoms with Gasteiger partial charge in [0.05, 0.1) is 0 Å². The zero-order valence-electron chi connectivity index (χ0n) is 6.05. The van der Waals surface area contributed by atoms with Gasteiger partial charge in [0.25, 0.3) is 0 Å². The molecular formula is C7H13NO. The Balaban J connectivity index is 3.38. The van der Waals surface area contributed by atoms with E-state index in [9.17, 15) is 4.79 Å². The number of hydrogen-bond acceptors (Lipinski definition) is 2. The van der Waals surface area contributed by atoms with Gasteiger partial charge >= 0.3 is 0 Å². The number of hydrogen-bond donors (Lipinski definition) is 0. The van der Waals surface area contributed by atoms with Crippen LogP contribution in [0.2, 0.25) is 0 Å². The van der Waals surface area contributed by atoms with E-state index >= 15 is 0 Å². The van der Waals surface area contributed by atoms with Gasteiger partial charge in [-0.1, -0.05) is 6.58 Å². The molecule has 0 aliphatic rings. The van der Waals surface area contributed by atoms with Crippen molar-refractivity contribution in [3.8, 4) is 0 Å². The van der Waals surface area contributed by atoms with Gasteiger partial charge in [-0.3, -0.25) is 0 Å². The lowest BCUT2D eigenvalue weighted by molar-refractivity contribution is -0.107. The Morgan fingerprint density at radius 2 is 2.22 bits per heavy atom. The molecule has 0 amide bonds. The van der Waals surface area contributed by atoms with Crippen LogP contribution in [0.5, 0.6) is 0 Å². The molecule has 0 rings (SSSR count). The van der Waals surface area contributed by atoms with Crippen molar-refractivity contribution in [1.82, 2.24) is 4.90 Å². The largest absolute Gasteiger partial charge is 0.381 e. The Labute approximate surface area is 56.2 Å². The highest BCUT2D eigenvalue weighted by Gasteiger charge is 1.93. The maximum Gasteiger partial charge on any atom is 0.120 e. The van der Waals surface area contributed by atoms with Crippen molar-refractivity contribution in [1.29, 1.82) is 0 Å². The minimum atomic E-state index is 0.580. The van der Waals surface area contributed by atoms with E-state index in [0.29, 0.717) is 6.42 Å². The number of carbonyl (C=O) groups is 1. The Morgan fingerprint density at radius 1 is 1.67 bits per heavy atom. The molecule has 2 heteroatoms. The topological polar surface area (TPSA) is 20.3 Å². The lowest BCUT2D eigenvalue weighted by Gasteiger charge is -2.13. The van der Waals surface area contributed by atoms with E-state index in [4.69, 9.17) is 0 Å². The molecule has 52 valence electrons. The molecule has 0 aromatic carbocycles. The van der Waals surface area contributed by atoms with Crippen LogP contribution in [0.25, 0.3) is 0 Å². The first-order valence-electron chi connectivity index (χ1n) is 2.97. The first-order chi connectivity index (χ1) is 4.18. The smallest absolute Gasteiger partial charge is 0.120 e. The van der Waals surface area contributed by atoms with E-state index < -0.39 is 0 Å². The highest BCUT2D eigenvalue weighted by atomic mass is 16.1. The van der Waals surface area contributed by atoms with Crippen LogP contribution in [0, 0.1) is 0 Å². The Hall–Kier alpha value is -0.790. The van der Waals surface area contributed by atoms with Crippen LogP contribution in [0.15, 0.2) is 12.3 Å². The second-order valence-electron chi connectivity index (χ2n) is 2.17. The van der Waals surface area contributed by atoms with Gasteiger partial charge in [0.1, 0.15) is 6.29 Å². The Morgan fingerprint density at radius 3 is 2.56 bits per heavy atom. The molecule has 0 N–H and O–H groups in total. The molecule has 0 bridgehead atoms. The van der Waals surface area contributed by atoms with E-state index in [1.165, 1.54) is 0 Å². The second-order valence-corrected chi connectivity index (χ2v) is 2.17. The number of allylic oxidation sites excluding steroid dienone is 1. The maximum atomic E-state index is 9.87. The molecule has 0 fully saturated rings. The molecule has 9 heavy (non-hydrogen) atoms. The lowest BCUT2D eigenvalue weighted by atomic mass is 10.2. The third-order valence-electron chi connectivity index (χ3n) is 1.18. The highest BCUT2D eigenvalue weighted by molar-refractivity contribution is 5.49.